The van der Waals surface area contributed by atoms with Gasteiger partial charge in [0.05, 0.1) is 6.04 Å². The van der Waals surface area contributed by atoms with Crippen LogP contribution in [0.3, 0.4) is 0 Å². The first-order valence-electron chi connectivity index (χ1n) is 6.73. The minimum atomic E-state index is -0.436. The molecule has 4 nitrogen and oxygen atoms in total. The average molecular weight is 270 g/mol. The largest absolute Gasteiger partial charge is 0.357 e. The van der Waals surface area contributed by atoms with Crippen LogP contribution in [0.4, 0.5) is 0 Å². The maximum Gasteiger partial charge on any atom is 0.268 e. The van der Waals surface area contributed by atoms with Crippen molar-refractivity contribution >= 4 is 12.2 Å². The van der Waals surface area contributed by atoms with Crippen LogP contribution in [0, 0.1) is 0 Å². The molecule has 2 aromatic rings. The van der Waals surface area contributed by atoms with E-state index in [0.717, 1.165) is 19.1 Å². The third kappa shape index (κ3) is 4.09. The molecule has 0 spiro atoms. The molecule has 0 aliphatic carbocycles. The summed E-state index contributed by atoms with van der Waals surface area (Å²) >= 11 is 0. The fourth-order valence-electron chi connectivity index (χ4n) is 2.06. The van der Waals surface area contributed by atoms with E-state index < -0.39 is 6.04 Å². The monoisotopic (exact) mass is 270 g/mol. The van der Waals surface area contributed by atoms with Crippen molar-refractivity contribution in [3.8, 4) is 0 Å². The molecule has 1 amide bonds. The predicted octanol–water partition coefficient (Wildman–Crippen LogP) is 2.33. The summed E-state index contributed by atoms with van der Waals surface area (Å²) < 4.78 is 0. The molecule has 2 N–H and O–H groups in total. The van der Waals surface area contributed by atoms with Gasteiger partial charge in [0.25, 0.3) is 5.91 Å². The Kier molecular flexibility index (Phi) is 5.12. The summed E-state index contributed by atoms with van der Waals surface area (Å²) in [6.07, 6.45) is 4.89. The Balaban J connectivity index is 1.78. The lowest BCUT2D eigenvalue weighted by Gasteiger charge is -2.12. The quantitative estimate of drug-likeness (QED) is 0.758. The van der Waals surface area contributed by atoms with Crippen molar-refractivity contribution < 1.29 is 9.59 Å². The van der Waals surface area contributed by atoms with E-state index in [1.54, 1.807) is 18.3 Å². The summed E-state index contributed by atoms with van der Waals surface area (Å²) in [6.45, 7) is 0. The molecule has 0 aliphatic rings. The molecule has 104 valence electrons. The number of hydrogen-bond donors (Lipinski definition) is 2. The molecule has 0 unspecified atom stereocenters. The maximum atomic E-state index is 11.8. The van der Waals surface area contributed by atoms with Crippen LogP contribution in [-0.2, 0) is 11.2 Å². The topological polar surface area (TPSA) is 62.0 Å². The Morgan fingerprint density at radius 2 is 2.00 bits per heavy atom. The Hall–Kier alpha value is -2.36. The van der Waals surface area contributed by atoms with Gasteiger partial charge in [-0.15, -0.1) is 0 Å². The van der Waals surface area contributed by atoms with Gasteiger partial charge in [0.15, 0.2) is 0 Å². The summed E-state index contributed by atoms with van der Waals surface area (Å²) in [5.41, 5.74) is 1.72. The zero-order valence-electron chi connectivity index (χ0n) is 11.2. The minimum absolute atomic E-state index is 0.244. The van der Waals surface area contributed by atoms with Crippen LogP contribution >= 0.6 is 0 Å². The lowest BCUT2D eigenvalue weighted by Crippen LogP contribution is -2.36. The number of carbonyl (C=O) groups excluding carboxylic acids is 2. The average Bonchev–Trinajstić information content (AvgIpc) is 3.01. The summed E-state index contributed by atoms with van der Waals surface area (Å²) in [5, 5.41) is 2.72. The van der Waals surface area contributed by atoms with Gasteiger partial charge in [0, 0.05) is 6.20 Å². The van der Waals surface area contributed by atoms with Crippen molar-refractivity contribution in [1.82, 2.24) is 10.3 Å². The summed E-state index contributed by atoms with van der Waals surface area (Å²) in [5.74, 6) is -0.244. The number of hydrogen-bond acceptors (Lipinski definition) is 2. The fraction of sp³-hybridized carbons (Fsp3) is 0.250. The molecule has 1 aromatic carbocycles. The molecule has 0 aliphatic heterocycles. The van der Waals surface area contributed by atoms with Crippen LogP contribution in [0.15, 0.2) is 48.7 Å². The van der Waals surface area contributed by atoms with Gasteiger partial charge in [-0.05, 0) is 37.0 Å². The zero-order chi connectivity index (χ0) is 14.2. The van der Waals surface area contributed by atoms with E-state index in [-0.39, 0.29) is 5.91 Å². The van der Waals surface area contributed by atoms with E-state index in [1.165, 1.54) is 5.56 Å². The highest BCUT2D eigenvalue weighted by atomic mass is 16.2. The molecule has 20 heavy (non-hydrogen) atoms. The number of nitrogens with one attached hydrogen (secondary N) is 2. The number of H-pyrrole nitrogens is 1. The first-order valence-corrected chi connectivity index (χ1v) is 6.73. The van der Waals surface area contributed by atoms with Crippen LogP contribution in [0.2, 0.25) is 0 Å². The molecular weight excluding hydrogens is 252 g/mol. The second-order valence-electron chi connectivity index (χ2n) is 4.68. The van der Waals surface area contributed by atoms with Gasteiger partial charge in [-0.2, -0.15) is 0 Å². The van der Waals surface area contributed by atoms with Crippen LogP contribution < -0.4 is 5.32 Å². The van der Waals surface area contributed by atoms with Crippen molar-refractivity contribution in [3.63, 3.8) is 0 Å². The van der Waals surface area contributed by atoms with Gasteiger partial charge in [-0.3, -0.25) is 4.79 Å². The van der Waals surface area contributed by atoms with Crippen LogP contribution in [-0.4, -0.2) is 23.2 Å². The van der Waals surface area contributed by atoms with Gasteiger partial charge in [-0.25, -0.2) is 0 Å². The smallest absolute Gasteiger partial charge is 0.268 e. The third-order valence-electron chi connectivity index (χ3n) is 3.15. The summed E-state index contributed by atoms with van der Waals surface area (Å²) in [4.78, 5) is 25.7. The van der Waals surface area contributed by atoms with Crippen LogP contribution in [0.5, 0.6) is 0 Å². The summed E-state index contributed by atoms with van der Waals surface area (Å²) in [6, 6.07) is 13.1. The number of aldehydes is 1. The van der Waals surface area contributed by atoms with E-state index in [0.29, 0.717) is 12.1 Å². The SMILES string of the molecule is O=C[C@@H](CCCc1ccccc1)NC(=O)c1ccc[nH]1. The standard InChI is InChI=1S/C16H18N2O2/c19-12-14(18-16(20)15-10-5-11-17-15)9-4-8-13-6-2-1-3-7-13/h1-3,5-7,10-12,14,17H,4,8-9H2,(H,18,20)/t14-/m1/s1. The molecule has 4 heteroatoms. The number of carbonyl (C=O) groups is 2. The second-order valence-corrected chi connectivity index (χ2v) is 4.68. The number of rotatable bonds is 7. The van der Waals surface area contributed by atoms with E-state index in [9.17, 15) is 9.59 Å². The van der Waals surface area contributed by atoms with Crippen molar-refractivity contribution in [2.75, 3.05) is 0 Å². The first-order chi connectivity index (χ1) is 9.79. The molecular formula is C16H18N2O2. The van der Waals surface area contributed by atoms with E-state index in [4.69, 9.17) is 0 Å². The molecule has 0 saturated heterocycles. The Labute approximate surface area is 118 Å². The Bertz CT molecular complexity index is 535. The zero-order valence-corrected chi connectivity index (χ0v) is 11.2. The lowest BCUT2D eigenvalue weighted by atomic mass is 10.1. The highest BCUT2D eigenvalue weighted by Gasteiger charge is 2.13. The van der Waals surface area contributed by atoms with Crippen LogP contribution in [0.1, 0.15) is 28.9 Å². The highest BCUT2D eigenvalue weighted by molar-refractivity contribution is 5.93. The second kappa shape index (κ2) is 7.28. The van der Waals surface area contributed by atoms with E-state index in [2.05, 4.69) is 22.4 Å². The molecule has 1 heterocycles. The third-order valence-corrected chi connectivity index (χ3v) is 3.15. The van der Waals surface area contributed by atoms with Gasteiger partial charge < -0.3 is 15.1 Å². The van der Waals surface area contributed by atoms with Crippen molar-refractivity contribution in [2.24, 2.45) is 0 Å². The number of amides is 1. The molecule has 0 fully saturated rings. The van der Waals surface area contributed by atoms with E-state index >= 15 is 0 Å². The number of benzene rings is 1. The predicted molar refractivity (Wildman–Crippen MR) is 77.5 cm³/mol. The highest BCUT2D eigenvalue weighted by Crippen LogP contribution is 2.06. The molecule has 2 rings (SSSR count). The van der Waals surface area contributed by atoms with Gasteiger partial charge in [0.2, 0.25) is 0 Å². The van der Waals surface area contributed by atoms with Crippen molar-refractivity contribution in [1.29, 1.82) is 0 Å². The molecule has 1 aromatic heterocycles. The molecule has 0 radical (unpaired) electrons. The van der Waals surface area contributed by atoms with Gasteiger partial charge in [-0.1, -0.05) is 30.3 Å². The maximum absolute atomic E-state index is 11.8. The van der Waals surface area contributed by atoms with Gasteiger partial charge >= 0.3 is 0 Å². The molecule has 0 bridgehead atoms. The number of aromatic amines is 1. The van der Waals surface area contributed by atoms with Crippen LogP contribution in [0.25, 0.3) is 0 Å². The Morgan fingerprint density at radius 3 is 2.65 bits per heavy atom. The number of aromatic nitrogens is 1. The summed E-state index contributed by atoms with van der Waals surface area (Å²) in [7, 11) is 0. The first kappa shape index (κ1) is 14.1. The lowest BCUT2D eigenvalue weighted by molar-refractivity contribution is -0.109. The Morgan fingerprint density at radius 1 is 1.20 bits per heavy atom. The van der Waals surface area contributed by atoms with E-state index in [1.807, 2.05) is 18.2 Å². The van der Waals surface area contributed by atoms with Crippen molar-refractivity contribution in [3.05, 3.63) is 59.9 Å². The normalized spacial score (nSPS) is 11.8. The van der Waals surface area contributed by atoms with Crippen molar-refractivity contribution in [2.45, 2.75) is 25.3 Å². The van der Waals surface area contributed by atoms with Gasteiger partial charge in [0.1, 0.15) is 12.0 Å². The molecule has 0 saturated carbocycles. The minimum Gasteiger partial charge on any atom is -0.357 e. The number of aryl methyl sites for hydroxylation is 1. The fourth-order valence-corrected chi connectivity index (χ4v) is 2.06. The molecule has 1 atom stereocenters.